The summed E-state index contributed by atoms with van der Waals surface area (Å²) in [6.07, 6.45) is 6.00. The van der Waals surface area contributed by atoms with Gasteiger partial charge in [0.25, 0.3) is 0 Å². The third-order valence-corrected chi connectivity index (χ3v) is 4.92. The van der Waals surface area contributed by atoms with E-state index in [1.165, 1.54) is 25.7 Å². The van der Waals surface area contributed by atoms with E-state index in [-0.39, 0.29) is 6.09 Å². The number of hydrogen-bond acceptors (Lipinski definition) is 4. The summed E-state index contributed by atoms with van der Waals surface area (Å²) in [7, 11) is 0. The highest BCUT2D eigenvalue weighted by Gasteiger charge is 2.30. The van der Waals surface area contributed by atoms with E-state index in [2.05, 4.69) is 17.6 Å². The molecule has 0 saturated carbocycles. The molecule has 2 fully saturated rings. The second-order valence-corrected chi connectivity index (χ2v) is 8.17. The number of nitrogens with one attached hydrogen (secondary N) is 2. The van der Waals surface area contributed by atoms with Gasteiger partial charge in [0.15, 0.2) is 0 Å². The van der Waals surface area contributed by atoms with Gasteiger partial charge in [-0.25, -0.2) is 4.79 Å². The van der Waals surface area contributed by atoms with Gasteiger partial charge in [0.05, 0.1) is 0 Å². The Balaban J connectivity index is 1.76. The van der Waals surface area contributed by atoms with Crippen molar-refractivity contribution in [2.45, 2.75) is 77.5 Å². The Morgan fingerprint density at radius 3 is 2.74 bits per heavy atom. The molecule has 2 saturated heterocycles. The van der Waals surface area contributed by atoms with Crippen molar-refractivity contribution in [3.63, 3.8) is 0 Å². The Morgan fingerprint density at radius 1 is 1.30 bits per heavy atom. The molecule has 0 spiro atoms. The predicted octanol–water partition coefficient (Wildman–Crippen LogP) is 2.75. The molecule has 2 aliphatic heterocycles. The normalized spacial score (nSPS) is 27.6. The smallest absolute Gasteiger partial charge is 0.410 e. The van der Waals surface area contributed by atoms with Crippen LogP contribution in [0.1, 0.15) is 59.8 Å². The van der Waals surface area contributed by atoms with Gasteiger partial charge in [0.2, 0.25) is 0 Å². The van der Waals surface area contributed by atoms with Crippen molar-refractivity contribution in [1.82, 2.24) is 15.5 Å². The van der Waals surface area contributed by atoms with Crippen LogP contribution >= 0.6 is 0 Å². The lowest BCUT2D eigenvalue weighted by Gasteiger charge is -2.37. The summed E-state index contributed by atoms with van der Waals surface area (Å²) in [5.74, 6) is 0.514. The standard InChI is InChI=1S/C18H35N3O2/c1-14(20-12-16-9-5-6-10-19-16)15-8-7-11-21(13-15)17(22)23-18(2,3)4/h14-16,19-20H,5-13H2,1-4H3. The number of likely N-dealkylation sites (tertiary alicyclic amines) is 1. The first-order valence-electron chi connectivity index (χ1n) is 9.30. The zero-order valence-electron chi connectivity index (χ0n) is 15.4. The molecule has 0 aromatic heterocycles. The molecule has 3 unspecified atom stereocenters. The predicted molar refractivity (Wildman–Crippen MR) is 93.6 cm³/mol. The minimum Gasteiger partial charge on any atom is -0.444 e. The van der Waals surface area contributed by atoms with Crippen molar-refractivity contribution in [3.05, 3.63) is 0 Å². The summed E-state index contributed by atoms with van der Waals surface area (Å²) in [6, 6.07) is 1.04. The number of nitrogens with zero attached hydrogens (tertiary/aromatic N) is 1. The van der Waals surface area contributed by atoms with Gasteiger partial charge in [-0.3, -0.25) is 0 Å². The molecule has 3 atom stereocenters. The van der Waals surface area contributed by atoms with Crippen LogP contribution in [0.4, 0.5) is 4.79 Å². The largest absolute Gasteiger partial charge is 0.444 e. The first kappa shape index (κ1) is 18.5. The molecule has 5 heteroatoms. The van der Waals surface area contributed by atoms with Crippen molar-refractivity contribution >= 4 is 6.09 Å². The molecule has 0 radical (unpaired) electrons. The maximum Gasteiger partial charge on any atom is 0.410 e. The van der Waals surface area contributed by atoms with Gasteiger partial charge in [-0.05, 0) is 65.8 Å². The van der Waals surface area contributed by atoms with Crippen LogP contribution in [-0.2, 0) is 4.74 Å². The molecular weight excluding hydrogens is 290 g/mol. The van der Waals surface area contributed by atoms with Gasteiger partial charge in [0.1, 0.15) is 5.60 Å². The molecule has 0 aromatic rings. The Labute approximate surface area is 141 Å². The molecular formula is C18H35N3O2. The summed E-state index contributed by atoms with van der Waals surface area (Å²) in [5, 5.41) is 7.27. The highest BCUT2D eigenvalue weighted by atomic mass is 16.6. The molecule has 134 valence electrons. The van der Waals surface area contributed by atoms with E-state index in [0.717, 1.165) is 32.6 Å². The maximum absolute atomic E-state index is 12.3. The van der Waals surface area contributed by atoms with Crippen molar-refractivity contribution in [3.8, 4) is 0 Å². The van der Waals surface area contributed by atoms with Gasteiger partial charge >= 0.3 is 6.09 Å². The fourth-order valence-electron chi connectivity index (χ4n) is 3.50. The SMILES string of the molecule is CC(NCC1CCCCN1)C1CCCN(C(=O)OC(C)(C)C)C1. The van der Waals surface area contributed by atoms with E-state index in [4.69, 9.17) is 4.74 Å². The second kappa shape index (κ2) is 8.34. The monoisotopic (exact) mass is 325 g/mol. The highest BCUT2D eigenvalue weighted by Crippen LogP contribution is 2.22. The summed E-state index contributed by atoms with van der Waals surface area (Å²) < 4.78 is 5.52. The fourth-order valence-corrected chi connectivity index (χ4v) is 3.50. The van der Waals surface area contributed by atoms with Gasteiger partial charge in [-0.2, -0.15) is 0 Å². The van der Waals surface area contributed by atoms with Crippen LogP contribution in [0.25, 0.3) is 0 Å². The fraction of sp³-hybridized carbons (Fsp3) is 0.944. The molecule has 5 nitrogen and oxygen atoms in total. The van der Waals surface area contributed by atoms with Gasteiger partial charge in [-0.1, -0.05) is 6.42 Å². The van der Waals surface area contributed by atoms with E-state index in [0.29, 0.717) is 18.0 Å². The third kappa shape index (κ3) is 6.30. The molecule has 0 bridgehead atoms. The van der Waals surface area contributed by atoms with E-state index in [9.17, 15) is 4.79 Å². The topological polar surface area (TPSA) is 53.6 Å². The van der Waals surface area contributed by atoms with Crippen molar-refractivity contribution in [1.29, 1.82) is 0 Å². The molecule has 2 N–H and O–H groups in total. The van der Waals surface area contributed by atoms with Crippen LogP contribution in [-0.4, -0.2) is 54.9 Å². The number of ether oxygens (including phenoxy) is 1. The van der Waals surface area contributed by atoms with Crippen LogP contribution in [0.15, 0.2) is 0 Å². The molecule has 2 heterocycles. The number of hydrogen-bond donors (Lipinski definition) is 2. The Morgan fingerprint density at radius 2 is 2.09 bits per heavy atom. The second-order valence-electron chi connectivity index (χ2n) is 8.17. The van der Waals surface area contributed by atoms with Crippen molar-refractivity contribution < 1.29 is 9.53 Å². The molecule has 23 heavy (non-hydrogen) atoms. The molecule has 2 rings (SSSR count). The van der Waals surface area contributed by atoms with Gasteiger partial charge in [-0.15, -0.1) is 0 Å². The van der Waals surface area contributed by atoms with E-state index in [1.807, 2.05) is 25.7 Å². The quantitative estimate of drug-likeness (QED) is 0.834. The number of carbonyl (C=O) groups is 1. The van der Waals surface area contributed by atoms with E-state index < -0.39 is 5.60 Å². The zero-order chi connectivity index (χ0) is 16.9. The minimum absolute atomic E-state index is 0.164. The average molecular weight is 325 g/mol. The van der Waals surface area contributed by atoms with E-state index >= 15 is 0 Å². The van der Waals surface area contributed by atoms with Crippen LogP contribution in [0.5, 0.6) is 0 Å². The Bertz CT molecular complexity index is 375. The van der Waals surface area contributed by atoms with Crippen LogP contribution in [0, 0.1) is 5.92 Å². The van der Waals surface area contributed by atoms with Crippen molar-refractivity contribution in [2.75, 3.05) is 26.2 Å². The molecule has 0 aromatic carbocycles. The Hall–Kier alpha value is -0.810. The summed E-state index contributed by atoms with van der Waals surface area (Å²) in [4.78, 5) is 14.1. The number of carbonyl (C=O) groups excluding carboxylic acids is 1. The lowest BCUT2D eigenvalue weighted by molar-refractivity contribution is 0.0148. The average Bonchev–Trinajstić information content (AvgIpc) is 2.52. The van der Waals surface area contributed by atoms with Crippen LogP contribution < -0.4 is 10.6 Å². The zero-order valence-corrected chi connectivity index (χ0v) is 15.4. The number of amides is 1. The molecule has 0 aliphatic carbocycles. The van der Waals surface area contributed by atoms with Gasteiger partial charge in [0, 0.05) is 31.7 Å². The van der Waals surface area contributed by atoms with Crippen LogP contribution in [0.2, 0.25) is 0 Å². The lowest BCUT2D eigenvalue weighted by Crippen LogP contribution is -2.50. The summed E-state index contributed by atoms with van der Waals surface area (Å²) in [6.45, 7) is 11.8. The summed E-state index contributed by atoms with van der Waals surface area (Å²) in [5.41, 5.74) is -0.416. The first-order valence-corrected chi connectivity index (χ1v) is 9.30. The first-order chi connectivity index (χ1) is 10.8. The van der Waals surface area contributed by atoms with Crippen LogP contribution in [0.3, 0.4) is 0 Å². The maximum atomic E-state index is 12.3. The molecule has 1 amide bonds. The number of rotatable bonds is 4. The van der Waals surface area contributed by atoms with Gasteiger partial charge < -0.3 is 20.3 Å². The molecule has 2 aliphatic rings. The summed E-state index contributed by atoms with van der Waals surface area (Å²) >= 11 is 0. The van der Waals surface area contributed by atoms with Crippen molar-refractivity contribution in [2.24, 2.45) is 5.92 Å². The third-order valence-electron chi connectivity index (χ3n) is 4.92. The van der Waals surface area contributed by atoms with E-state index in [1.54, 1.807) is 0 Å². The lowest BCUT2D eigenvalue weighted by atomic mass is 9.91. The number of piperidine rings is 2. The Kier molecular flexibility index (Phi) is 6.72. The highest BCUT2D eigenvalue weighted by molar-refractivity contribution is 5.68. The minimum atomic E-state index is -0.416.